The Bertz CT molecular complexity index is 1070. The summed E-state index contributed by atoms with van der Waals surface area (Å²) in [6, 6.07) is -0.448. The van der Waals surface area contributed by atoms with E-state index in [2.05, 4.69) is 14.9 Å². The molecule has 2 aromatic rings. The van der Waals surface area contributed by atoms with Crippen LogP contribution in [0, 0.1) is 5.82 Å². The summed E-state index contributed by atoms with van der Waals surface area (Å²) in [6.07, 6.45) is 1.77. The number of hydrogen-bond acceptors (Lipinski definition) is 8. The van der Waals surface area contributed by atoms with Crippen LogP contribution in [-0.4, -0.2) is 69.1 Å². The van der Waals surface area contributed by atoms with Crippen LogP contribution < -0.4 is 9.64 Å². The number of pyridine rings is 1. The lowest BCUT2D eigenvalue weighted by atomic mass is 9.94. The number of hydrogen-bond donors (Lipinski definition) is 0. The largest absolute Gasteiger partial charge is 0.472 e. The maximum Gasteiger partial charge on any atom is 0.410 e. The molecule has 0 radical (unpaired) electrons. The number of piperazine rings is 1. The molecule has 4 heterocycles. The van der Waals surface area contributed by atoms with Gasteiger partial charge in [0, 0.05) is 13.1 Å². The topological polar surface area (TPSA) is 80.7 Å². The summed E-state index contributed by atoms with van der Waals surface area (Å²) in [5.74, 6) is 0.0576. The number of carbonyl (C=O) groups excluding carboxylic acids is 1. The van der Waals surface area contributed by atoms with Crippen LogP contribution in [0.3, 0.4) is 0 Å². The van der Waals surface area contributed by atoms with Crippen LogP contribution in [0.4, 0.5) is 15.0 Å². The zero-order chi connectivity index (χ0) is 23.4. The molecule has 0 saturated carbocycles. The van der Waals surface area contributed by atoms with Crippen molar-refractivity contribution >= 4 is 46.2 Å². The van der Waals surface area contributed by atoms with Crippen molar-refractivity contribution in [2.75, 3.05) is 24.2 Å². The van der Waals surface area contributed by atoms with Gasteiger partial charge in [-0.15, -0.1) is 0 Å². The van der Waals surface area contributed by atoms with Gasteiger partial charge in [-0.3, -0.25) is 0 Å². The van der Waals surface area contributed by atoms with Gasteiger partial charge in [-0.05, 0) is 40.4 Å². The molecule has 0 spiro atoms. The molecule has 32 heavy (non-hydrogen) atoms. The molecule has 3 atom stereocenters. The van der Waals surface area contributed by atoms with E-state index in [9.17, 15) is 9.18 Å². The van der Waals surface area contributed by atoms with Crippen LogP contribution in [0.2, 0.25) is 5.15 Å². The molecule has 4 rings (SSSR count). The standard InChI is InChI=1S/C21H27ClFN5O3S/c1-7-11-15-10(2)30-18-12-14(13(23)16(22)25-18)24-19(32-6)26-17(12)28(15)9-8-27(11)20(29)31-21(3,4)5/h10-11,15H,7-9H2,1-6H3/t10-,11-,15+/m0/s1. The number of aromatic nitrogens is 3. The van der Waals surface area contributed by atoms with E-state index in [0.29, 0.717) is 35.9 Å². The summed E-state index contributed by atoms with van der Waals surface area (Å²) in [5, 5.41) is 0.536. The number of fused-ring (bicyclic) bond motifs is 2. The zero-order valence-electron chi connectivity index (χ0n) is 19.0. The number of thioether (sulfide) groups is 1. The number of rotatable bonds is 2. The van der Waals surface area contributed by atoms with Gasteiger partial charge in [0.2, 0.25) is 5.88 Å². The van der Waals surface area contributed by atoms with E-state index in [4.69, 9.17) is 26.1 Å². The highest BCUT2D eigenvalue weighted by Crippen LogP contribution is 2.42. The van der Waals surface area contributed by atoms with Gasteiger partial charge in [0.15, 0.2) is 16.1 Å². The Balaban J connectivity index is 1.84. The number of anilines is 1. The first-order chi connectivity index (χ1) is 15.1. The molecule has 2 aromatic heterocycles. The van der Waals surface area contributed by atoms with Gasteiger partial charge in [0.05, 0.1) is 12.1 Å². The van der Waals surface area contributed by atoms with E-state index in [1.54, 1.807) is 4.90 Å². The summed E-state index contributed by atoms with van der Waals surface area (Å²) in [5.41, 5.74) is -0.511. The van der Waals surface area contributed by atoms with E-state index >= 15 is 0 Å². The fraction of sp³-hybridized carbons (Fsp3) is 0.619. The first-order valence-corrected chi connectivity index (χ1v) is 12.2. The van der Waals surface area contributed by atoms with Crippen molar-refractivity contribution in [1.29, 1.82) is 0 Å². The highest BCUT2D eigenvalue weighted by molar-refractivity contribution is 7.98. The SMILES string of the molecule is CC[C@H]1[C@H]2[C@H](C)Oc3nc(Cl)c(F)c4nc(SC)nc(c34)N2CCN1C(=O)OC(C)(C)C. The third-order valence-corrected chi connectivity index (χ3v) is 6.49. The normalized spacial score (nSPS) is 22.9. The Morgan fingerprint density at radius 2 is 2.03 bits per heavy atom. The van der Waals surface area contributed by atoms with E-state index in [-0.39, 0.29) is 40.8 Å². The molecule has 0 unspecified atom stereocenters. The molecule has 1 amide bonds. The number of ether oxygens (including phenoxy) is 2. The van der Waals surface area contributed by atoms with Crippen LogP contribution in [0.15, 0.2) is 5.16 Å². The van der Waals surface area contributed by atoms with Crippen molar-refractivity contribution in [3.63, 3.8) is 0 Å². The fourth-order valence-corrected chi connectivity index (χ4v) is 4.98. The first-order valence-electron chi connectivity index (χ1n) is 10.6. The van der Waals surface area contributed by atoms with E-state index < -0.39 is 11.4 Å². The van der Waals surface area contributed by atoms with Gasteiger partial charge in [-0.1, -0.05) is 30.3 Å². The molecule has 11 heteroatoms. The highest BCUT2D eigenvalue weighted by atomic mass is 35.5. The van der Waals surface area contributed by atoms with Gasteiger partial charge in [-0.2, -0.15) is 4.98 Å². The van der Waals surface area contributed by atoms with E-state index in [0.717, 1.165) is 0 Å². The molecule has 174 valence electrons. The zero-order valence-corrected chi connectivity index (χ0v) is 20.6. The van der Waals surface area contributed by atoms with Crippen LogP contribution in [-0.2, 0) is 4.74 Å². The average Bonchev–Trinajstić information content (AvgIpc) is 2.84. The Morgan fingerprint density at radius 3 is 2.66 bits per heavy atom. The molecule has 2 aliphatic rings. The molecule has 2 aliphatic heterocycles. The van der Waals surface area contributed by atoms with E-state index in [1.807, 2.05) is 40.9 Å². The molecule has 0 bridgehead atoms. The number of carbonyl (C=O) groups is 1. The van der Waals surface area contributed by atoms with Crippen LogP contribution in [0.5, 0.6) is 5.88 Å². The van der Waals surface area contributed by atoms with Gasteiger partial charge in [0.1, 0.15) is 28.4 Å². The quantitative estimate of drug-likeness (QED) is 0.350. The van der Waals surface area contributed by atoms with Crippen LogP contribution >= 0.6 is 23.4 Å². The Morgan fingerprint density at radius 1 is 1.31 bits per heavy atom. The molecule has 0 aliphatic carbocycles. The van der Waals surface area contributed by atoms with Crippen LogP contribution in [0.1, 0.15) is 41.0 Å². The maximum atomic E-state index is 14.9. The number of halogens is 2. The lowest BCUT2D eigenvalue weighted by molar-refractivity contribution is 0.000927. The summed E-state index contributed by atoms with van der Waals surface area (Å²) in [6.45, 7) is 10.4. The minimum absolute atomic E-state index is 0.0878. The van der Waals surface area contributed by atoms with Crippen molar-refractivity contribution in [2.45, 2.75) is 70.0 Å². The smallest absolute Gasteiger partial charge is 0.410 e. The summed E-state index contributed by atoms with van der Waals surface area (Å²) in [7, 11) is 0. The van der Waals surface area contributed by atoms with Gasteiger partial charge < -0.3 is 19.3 Å². The first kappa shape index (κ1) is 23.1. The van der Waals surface area contributed by atoms with E-state index in [1.165, 1.54) is 11.8 Å². The molecule has 1 saturated heterocycles. The second-order valence-corrected chi connectivity index (χ2v) is 10.1. The predicted molar refractivity (Wildman–Crippen MR) is 122 cm³/mol. The van der Waals surface area contributed by atoms with Gasteiger partial charge in [0.25, 0.3) is 0 Å². The molecule has 0 N–H and O–H groups in total. The number of nitrogens with zero attached hydrogens (tertiary/aromatic N) is 5. The Labute approximate surface area is 195 Å². The second kappa shape index (κ2) is 8.37. The third-order valence-electron chi connectivity index (χ3n) is 5.69. The molecular weight excluding hydrogens is 457 g/mol. The lowest BCUT2D eigenvalue weighted by Gasteiger charge is -2.48. The molecule has 0 aromatic carbocycles. The molecule has 8 nitrogen and oxygen atoms in total. The van der Waals surface area contributed by atoms with Crippen molar-refractivity contribution in [3.8, 4) is 5.88 Å². The highest BCUT2D eigenvalue weighted by Gasteiger charge is 2.46. The van der Waals surface area contributed by atoms with Crippen molar-refractivity contribution in [2.24, 2.45) is 0 Å². The lowest BCUT2D eigenvalue weighted by Crippen LogP contribution is -2.65. The predicted octanol–water partition coefficient (Wildman–Crippen LogP) is 4.52. The number of amides is 1. The third kappa shape index (κ3) is 3.91. The summed E-state index contributed by atoms with van der Waals surface area (Å²) < 4.78 is 26.8. The Kier molecular flexibility index (Phi) is 6.04. The Hall–Kier alpha value is -2.07. The maximum absolute atomic E-state index is 14.9. The van der Waals surface area contributed by atoms with Crippen LogP contribution in [0.25, 0.3) is 10.9 Å². The van der Waals surface area contributed by atoms with Crippen molar-refractivity contribution in [3.05, 3.63) is 11.0 Å². The van der Waals surface area contributed by atoms with Gasteiger partial charge >= 0.3 is 6.09 Å². The molecular formula is C21H27ClFN5O3S. The van der Waals surface area contributed by atoms with Crippen molar-refractivity contribution < 1.29 is 18.7 Å². The average molecular weight is 484 g/mol. The summed E-state index contributed by atoms with van der Waals surface area (Å²) in [4.78, 5) is 30.1. The van der Waals surface area contributed by atoms with Crippen molar-refractivity contribution in [1.82, 2.24) is 19.9 Å². The minimum Gasteiger partial charge on any atom is -0.472 e. The summed E-state index contributed by atoms with van der Waals surface area (Å²) >= 11 is 7.38. The second-order valence-electron chi connectivity index (χ2n) is 8.94. The molecule has 1 fully saturated rings. The fourth-order valence-electron chi connectivity index (χ4n) is 4.45. The monoisotopic (exact) mass is 483 g/mol. The van der Waals surface area contributed by atoms with Gasteiger partial charge in [-0.25, -0.2) is 19.2 Å². The minimum atomic E-state index is -0.696.